The predicted octanol–water partition coefficient (Wildman–Crippen LogP) is -0.175. The molecule has 0 aliphatic carbocycles. The summed E-state index contributed by atoms with van der Waals surface area (Å²) in [6, 6.07) is 0. The van der Waals surface area contributed by atoms with E-state index in [-0.39, 0.29) is 11.3 Å². The van der Waals surface area contributed by atoms with E-state index in [1.165, 1.54) is 0 Å². The first-order valence-corrected chi connectivity index (χ1v) is 5.10. The number of nitrogens with zero attached hydrogens (tertiary/aromatic N) is 1. The van der Waals surface area contributed by atoms with Crippen molar-refractivity contribution in [3.05, 3.63) is 0 Å². The van der Waals surface area contributed by atoms with Gasteiger partial charge in [0, 0.05) is 26.2 Å². The zero-order valence-corrected chi connectivity index (χ0v) is 9.21. The molecular weight excluding hydrogens is 180 g/mol. The maximum atomic E-state index is 11.8. The van der Waals surface area contributed by atoms with Crippen LogP contribution < -0.4 is 5.32 Å². The summed E-state index contributed by atoms with van der Waals surface area (Å²) in [5.74, 6) is -0.140. The summed E-state index contributed by atoms with van der Waals surface area (Å²) in [6.45, 7) is 8.66. The van der Waals surface area contributed by atoms with Crippen LogP contribution in [0, 0.1) is 5.41 Å². The zero-order valence-electron chi connectivity index (χ0n) is 9.21. The number of aliphatic hydroxyl groups is 1. The lowest BCUT2D eigenvalue weighted by molar-refractivity contribution is -0.146. The molecule has 0 aromatic rings. The van der Waals surface area contributed by atoms with Gasteiger partial charge in [-0.1, -0.05) is 20.8 Å². The molecule has 2 N–H and O–H groups in total. The Kier molecular flexibility index (Phi) is 3.50. The van der Waals surface area contributed by atoms with Gasteiger partial charge < -0.3 is 15.3 Å². The molecule has 1 fully saturated rings. The number of aliphatic hydroxyl groups excluding tert-OH is 1. The Balaban J connectivity index is 2.55. The lowest BCUT2D eigenvalue weighted by Gasteiger charge is -2.33. The Morgan fingerprint density at radius 3 is 2.29 bits per heavy atom. The summed E-state index contributed by atoms with van der Waals surface area (Å²) in [4.78, 5) is 13.5. The fraction of sp³-hybridized carbons (Fsp3) is 0.900. The Labute approximate surface area is 85.3 Å². The van der Waals surface area contributed by atoms with Crippen LogP contribution in [-0.2, 0) is 4.79 Å². The van der Waals surface area contributed by atoms with Crippen molar-refractivity contribution in [1.29, 1.82) is 0 Å². The highest BCUT2D eigenvalue weighted by molar-refractivity contribution is 5.81. The molecular formula is C10H20N2O2. The molecule has 0 aromatic carbocycles. The average molecular weight is 200 g/mol. The Morgan fingerprint density at radius 1 is 1.36 bits per heavy atom. The molecule has 0 radical (unpaired) electrons. The van der Waals surface area contributed by atoms with Gasteiger partial charge in [-0.2, -0.15) is 0 Å². The third-order valence-electron chi connectivity index (χ3n) is 2.48. The molecule has 1 heterocycles. The van der Waals surface area contributed by atoms with Crippen LogP contribution in [0.1, 0.15) is 20.8 Å². The van der Waals surface area contributed by atoms with Crippen molar-refractivity contribution in [2.75, 3.05) is 26.2 Å². The minimum absolute atomic E-state index is 0.140. The predicted molar refractivity (Wildman–Crippen MR) is 54.9 cm³/mol. The third kappa shape index (κ3) is 2.69. The number of carbonyl (C=O) groups excluding carboxylic acids is 1. The molecule has 0 bridgehead atoms. The molecule has 1 aliphatic rings. The average Bonchev–Trinajstić information content (AvgIpc) is 2.15. The van der Waals surface area contributed by atoms with Crippen molar-refractivity contribution in [3.8, 4) is 0 Å². The SMILES string of the molecule is CC(C)(C)C(O)C(=O)N1CCNCC1. The standard InChI is InChI=1S/C10H20N2O2/c1-10(2,3)8(13)9(14)12-6-4-11-5-7-12/h8,11,13H,4-7H2,1-3H3. The number of hydrogen-bond acceptors (Lipinski definition) is 3. The Morgan fingerprint density at radius 2 is 1.86 bits per heavy atom. The second kappa shape index (κ2) is 4.28. The Bertz CT molecular complexity index is 205. The van der Waals surface area contributed by atoms with E-state index in [1.54, 1.807) is 4.90 Å². The van der Waals surface area contributed by atoms with Gasteiger partial charge in [-0.25, -0.2) is 0 Å². The third-order valence-corrected chi connectivity index (χ3v) is 2.48. The minimum atomic E-state index is -0.888. The van der Waals surface area contributed by atoms with Crippen LogP contribution in [0.2, 0.25) is 0 Å². The molecule has 1 unspecified atom stereocenters. The van der Waals surface area contributed by atoms with Crippen molar-refractivity contribution in [1.82, 2.24) is 10.2 Å². The smallest absolute Gasteiger partial charge is 0.252 e. The number of piperazine rings is 1. The van der Waals surface area contributed by atoms with Crippen molar-refractivity contribution < 1.29 is 9.90 Å². The molecule has 0 spiro atoms. The highest BCUT2D eigenvalue weighted by Gasteiger charge is 2.32. The van der Waals surface area contributed by atoms with E-state index in [1.807, 2.05) is 20.8 Å². The summed E-state index contributed by atoms with van der Waals surface area (Å²) in [5, 5.41) is 13.0. The van der Waals surface area contributed by atoms with E-state index in [2.05, 4.69) is 5.32 Å². The molecule has 0 saturated carbocycles. The van der Waals surface area contributed by atoms with Crippen molar-refractivity contribution in [3.63, 3.8) is 0 Å². The number of hydrogen-bond donors (Lipinski definition) is 2. The van der Waals surface area contributed by atoms with Gasteiger partial charge in [0.1, 0.15) is 6.10 Å². The van der Waals surface area contributed by atoms with Crippen LogP contribution >= 0.6 is 0 Å². The summed E-state index contributed by atoms with van der Waals surface area (Å²) >= 11 is 0. The van der Waals surface area contributed by atoms with Gasteiger partial charge in [0.25, 0.3) is 5.91 Å². The molecule has 0 aromatic heterocycles. The van der Waals surface area contributed by atoms with E-state index in [9.17, 15) is 9.90 Å². The maximum absolute atomic E-state index is 11.8. The second-order valence-corrected chi connectivity index (χ2v) is 4.84. The quantitative estimate of drug-likeness (QED) is 0.617. The lowest BCUT2D eigenvalue weighted by atomic mass is 9.88. The van der Waals surface area contributed by atoms with E-state index in [0.29, 0.717) is 13.1 Å². The van der Waals surface area contributed by atoms with Crippen LogP contribution in [0.3, 0.4) is 0 Å². The largest absolute Gasteiger partial charge is 0.383 e. The molecule has 1 atom stereocenters. The van der Waals surface area contributed by atoms with Crippen LogP contribution in [0.4, 0.5) is 0 Å². The molecule has 82 valence electrons. The van der Waals surface area contributed by atoms with Crippen LogP contribution in [0.5, 0.6) is 0 Å². The monoisotopic (exact) mass is 200 g/mol. The topological polar surface area (TPSA) is 52.6 Å². The maximum Gasteiger partial charge on any atom is 0.252 e. The highest BCUT2D eigenvalue weighted by atomic mass is 16.3. The lowest BCUT2D eigenvalue weighted by Crippen LogP contribution is -2.52. The Hall–Kier alpha value is -0.610. The molecule has 1 saturated heterocycles. The molecule has 4 heteroatoms. The van der Waals surface area contributed by atoms with Gasteiger partial charge in [-0.3, -0.25) is 4.79 Å². The van der Waals surface area contributed by atoms with Crippen molar-refractivity contribution in [2.45, 2.75) is 26.9 Å². The normalized spacial score (nSPS) is 20.7. The molecule has 1 amide bonds. The first-order chi connectivity index (χ1) is 6.43. The fourth-order valence-corrected chi connectivity index (χ4v) is 1.43. The van der Waals surface area contributed by atoms with Gasteiger partial charge >= 0.3 is 0 Å². The van der Waals surface area contributed by atoms with Gasteiger partial charge in [0.2, 0.25) is 0 Å². The summed E-state index contributed by atoms with van der Waals surface area (Å²) in [5.41, 5.74) is -0.373. The number of carbonyl (C=O) groups is 1. The molecule has 14 heavy (non-hydrogen) atoms. The van der Waals surface area contributed by atoms with Crippen LogP contribution in [-0.4, -0.2) is 48.2 Å². The number of nitrogens with one attached hydrogen (secondary N) is 1. The number of amides is 1. The van der Waals surface area contributed by atoms with Gasteiger partial charge in [0.15, 0.2) is 0 Å². The first kappa shape index (κ1) is 11.5. The minimum Gasteiger partial charge on any atom is -0.383 e. The second-order valence-electron chi connectivity index (χ2n) is 4.84. The van der Waals surface area contributed by atoms with Crippen LogP contribution in [0.25, 0.3) is 0 Å². The molecule has 1 aliphatic heterocycles. The van der Waals surface area contributed by atoms with E-state index >= 15 is 0 Å². The molecule has 1 rings (SSSR count). The summed E-state index contributed by atoms with van der Waals surface area (Å²) < 4.78 is 0. The van der Waals surface area contributed by atoms with Crippen molar-refractivity contribution >= 4 is 5.91 Å². The van der Waals surface area contributed by atoms with Gasteiger partial charge in [0.05, 0.1) is 0 Å². The van der Waals surface area contributed by atoms with Gasteiger partial charge in [-0.05, 0) is 5.41 Å². The number of rotatable bonds is 1. The zero-order chi connectivity index (χ0) is 10.8. The van der Waals surface area contributed by atoms with Crippen LogP contribution in [0.15, 0.2) is 0 Å². The van der Waals surface area contributed by atoms with E-state index in [0.717, 1.165) is 13.1 Å². The summed E-state index contributed by atoms with van der Waals surface area (Å²) in [7, 11) is 0. The molecule has 4 nitrogen and oxygen atoms in total. The van der Waals surface area contributed by atoms with Gasteiger partial charge in [-0.15, -0.1) is 0 Å². The summed E-state index contributed by atoms with van der Waals surface area (Å²) in [6.07, 6.45) is -0.888. The first-order valence-electron chi connectivity index (χ1n) is 5.10. The van der Waals surface area contributed by atoms with E-state index < -0.39 is 6.10 Å². The van der Waals surface area contributed by atoms with E-state index in [4.69, 9.17) is 0 Å². The fourth-order valence-electron chi connectivity index (χ4n) is 1.43. The van der Waals surface area contributed by atoms with Crippen molar-refractivity contribution in [2.24, 2.45) is 5.41 Å². The highest BCUT2D eigenvalue weighted by Crippen LogP contribution is 2.20.